The zero-order valence-corrected chi connectivity index (χ0v) is 11.0. The van der Waals surface area contributed by atoms with E-state index >= 15 is 0 Å². The lowest BCUT2D eigenvalue weighted by atomic mass is 10.0. The fraction of sp³-hybridized carbons (Fsp3) is 0.143. The van der Waals surface area contributed by atoms with Crippen LogP contribution in [0.15, 0.2) is 53.0 Å². The molecular weight excluding hydrogens is 280 g/mol. The average molecular weight is 293 g/mol. The van der Waals surface area contributed by atoms with Gasteiger partial charge >= 0.3 is 0 Å². The quantitative estimate of drug-likeness (QED) is 0.938. The molecule has 2 aromatic carbocycles. The number of aliphatic hydroxyl groups excluding tert-OH is 1. The van der Waals surface area contributed by atoms with Gasteiger partial charge in [-0.3, -0.25) is 0 Å². The predicted octanol–water partition coefficient (Wildman–Crippen LogP) is 3.54. The molecule has 0 spiro atoms. The SMILES string of the molecule is COc1cccc(C(O)c2ccc(Br)cc2)c1. The summed E-state index contributed by atoms with van der Waals surface area (Å²) in [6.45, 7) is 0. The summed E-state index contributed by atoms with van der Waals surface area (Å²) in [7, 11) is 1.62. The second-order valence-corrected chi connectivity index (χ2v) is 4.65. The number of halogens is 1. The van der Waals surface area contributed by atoms with Crippen LogP contribution < -0.4 is 4.74 Å². The Hall–Kier alpha value is -1.32. The van der Waals surface area contributed by atoms with Crippen LogP contribution in [0, 0.1) is 0 Å². The fourth-order valence-electron chi connectivity index (χ4n) is 1.65. The van der Waals surface area contributed by atoms with Gasteiger partial charge in [-0.2, -0.15) is 0 Å². The summed E-state index contributed by atoms with van der Waals surface area (Å²) in [4.78, 5) is 0. The zero-order valence-electron chi connectivity index (χ0n) is 9.43. The summed E-state index contributed by atoms with van der Waals surface area (Å²) in [6.07, 6.45) is -0.627. The van der Waals surface area contributed by atoms with Crippen molar-refractivity contribution in [2.24, 2.45) is 0 Å². The Morgan fingerprint density at radius 3 is 2.41 bits per heavy atom. The molecule has 0 radical (unpaired) electrons. The predicted molar refractivity (Wildman–Crippen MR) is 71.2 cm³/mol. The Kier molecular flexibility index (Phi) is 3.82. The van der Waals surface area contributed by atoms with E-state index in [1.165, 1.54) is 0 Å². The minimum atomic E-state index is -0.627. The molecule has 3 heteroatoms. The Balaban J connectivity index is 2.29. The molecule has 0 saturated carbocycles. The van der Waals surface area contributed by atoms with E-state index in [2.05, 4.69) is 15.9 Å². The van der Waals surface area contributed by atoms with Crippen LogP contribution in [0.3, 0.4) is 0 Å². The molecule has 88 valence electrons. The smallest absolute Gasteiger partial charge is 0.119 e. The summed E-state index contributed by atoms with van der Waals surface area (Å²) in [5.41, 5.74) is 1.69. The van der Waals surface area contributed by atoms with E-state index in [4.69, 9.17) is 4.74 Å². The van der Waals surface area contributed by atoms with Crippen molar-refractivity contribution in [3.63, 3.8) is 0 Å². The Bertz CT molecular complexity index is 494. The highest BCUT2D eigenvalue weighted by atomic mass is 79.9. The van der Waals surface area contributed by atoms with Gasteiger partial charge in [0.25, 0.3) is 0 Å². The molecule has 2 nitrogen and oxygen atoms in total. The van der Waals surface area contributed by atoms with E-state index in [0.29, 0.717) is 0 Å². The van der Waals surface area contributed by atoms with Crippen LogP contribution in [-0.2, 0) is 0 Å². The number of hydrogen-bond donors (Lipinski definition) is 1. The number of rotatable bonds is 3. The molecule has 17 heavy (non-hydrogen) atoms. The molecule has 1 unspecified atom stereocenters. The van der Waals surface area contributed by atoms with Gasteiger partial charge in [-0.15, -0.1) is 0 Å². The van der Waals surface area contributed by atoms with Crippen LogP contribution in [0.4, 0.5) is 0 Å². The highest BCUT2D eigenvalue weighted by Gasteiger charge is 2.10. The Labute approximate surface area is 109 Å². The first kappa shape index (κ1) is 12.1. The molecule has 0 bridgehead atoms. The van der Waals surface area contributed by atoms with Gasteiger partial charge in [0.05, 0.1) is 7.11 Å². The number of hydrogen-bond acceptors (Lipinski definition) is 2. The summed E-state index contributed by atoms with van der Waals surface area (Å²) in [6, 6.07) is 15.1. The van der Waals surface area contributed by atoms with Crippen molar-refractivity contribution in [3.8, 4) is 5.75 Å². The minimum Gasteiger partial charge on any atom is -0.497 e. The monoisotopic (exact) mass is 292 g/mol. The lowest BCUT2D eigenvalue weighted by Gasteiger charge is -2.12. The maximum absolute atomic E-state index is 10.2. The van der Waals surface area contributed by atoms with Crippen molar-refractivity contribution >= 4 is 15.9 Å². The van der Waals surface area contributed by atoms with Crippen LogP contribution in [0.1, 0.15) is 17.2 Å². The third-order valence-electron chi connectivity index (χ3n) is 2.60. The van der Waals surface area contributed by atoms with Crippen molar-refractivity contribution in [2.75, 3.05) is 7.11 Å². The van der Waals surface area contributed by atoms with Crippen LogP contribution >= 0.6 is 15.9 Å². The van der Waals surface area contributed by atoms with E-state index in [1.807, 2.05) is 48.5 Å². The second-order valence-electron chi connectivity index (χ2n) is 3.73. The van der Waals surface area contributed by atoms with Crippen LogP contribution in [0.5, 0.6) is 5.75 Å². The lowest BCUT2D eigenvalue weighted by molar-refractivity contribution is 0.220. The minimum absolute atomic E-state index is 0.627. The van der Waals surface area contributed by atoms with Gasteiger partial charge in [-0.05, 0) is 35.4 Å². The molecule has 0 amide bonds. The molecular formula is C14H13BrO2. The maximum atomic E-state index is 10.2. The normalized spacial score (nSPS) is 12.2. The van der Waals surface area contributed by atoms with E-state index in [1.54, 1.807) is 7.11 Å². The molecule has 0 aliphatic carbocycles. The molecule has 0 aliphatic heterocycles. The van der Waals surface area contributed by atoms with E-state index in [0.717, 1.165) is 21.3 Å². The highest BCUT2D eigenvalue weighted by Crippen LogP contribution is 2.25. The molecule has 0 aliphatic rings. The van der Waals surface area contributed by atoms with Crippen LogP contribution in [0.25, 0.3) is 0 Å². The Morgan fingerprint density at radius 2 is 1.76 bits per heavy atom. The lowest BCUT2D eigenvalue weighted by Crippen LogP contribution is -1.99. The molecule has 1 atom stereocenters. The van der Waals surface area contributed by atoms with Gasteiger partial charge < -0.3 is 9.84 Å². The largest absolute Gasteiger partial charge is 0.497 e. The first-order valence-corrected chi connectivity index (χ1v) is 6.07. The third-order valence-corrected chi connectivity index (χ3v) is 3.12. The fourth-order valence-corrected chi connectivity index (χ4v) is 1.91. The molecule has 2 rings (SSSR count). The van der Waals surface area contributed by atoms with Gasteiger partial charge in [-0.25, -0.2) is 0 Å². The number of benzene rings is 2. The summed E-state index contributed by atoms with van der Waals surface area (Å²) in [5.74, 6) is 0.749. The number of aliphatic hydroxyl groups is 1. The zero-order chi connectivity index (χ0) is 12.3. The topological polar surface area (TPSA) is 29.5 Å². The van der Waals surface area contributed by atoms with Crippen LogP contribution in [-0.4, -0.2) is 12.2 Å². The third kappa shape index (κ3) is 2.87. The number of ether oxygens (including phenoxy) is 1. The van der Waals surface area contributed by atoms with Gasteiger partial charge in [0.1, 0.15) is 11.9 Å². The first-order valence-electron chi connectivity index (χ1n) is 5.28. The van der Waals surface area contributed by atoms with E-state index < -0.39 is 6.10 Å². The van der Waals surface area contributed by atoms with E-state index in [9.17, 15) is 5.11 Å². The van der Waals surface area contributed by atoms with E-state index in [-0.39, 0.29) is 0 Å². The van der Waals surface area contributed by atoms with Crippen molar-refractivity contribution in [1.29, 1.82) is 0 Å². The van der Waals surface area contributed by atoms with Gasteiger partial charge in [0.15, 0.2) is 0 Å². The average Bonchev–Trinajstić information content (AvgIpc) is 2.39. The standard InChI is InChI=1S/C14H13BrO2/c1-17-13-4-2-3-11(9-13)14(16)10-5-7-12(15)8-6-10/h2-9,14,16H,1H3. The highest BCUT2D eigenvalue weighted by molar-refractivity contribution is 9.10. The van der Waals surface area contributed by atoms with Gasteiger partial charge in [0.2, 0.25) is 0 Å². The molecule has 0 heterocycles. The van der Waals surface area contributed by atoms with Crippen molar-refractivity contribution in [3.05, 3.63) is 64.1 Å². The van der Waals surface area contributed by atoms with Crippen molar-refractivity contribution in [2.45, 2.75) is 6.10 Å². The van der Waals surface area contributed by atoms with Crippen molar-refractivity contribution in [1.82, 2.24) is 0 Å². The summed E-state index contributed by atoms with van der Waals surface area (Å²) in [5, 5.41) is 10.2. The maximum Gasteiger partial charge on any atom is 0.119 e. The van der Waals surface area contributed by atoms with Gasteiger partial charge in [-0.1, -0.05) is 40.2 Å². The van der Waals surface area contributed by atoms with Crippen LogP contribution in [0.2, 0.25) is 0 Å². The molecule has 1 N–H and O–H groups in total. The second kappa shape index (κ2) is 5.34. The molecule has 0 aromatic heterocycles. The first-order chi connectivity index (χ1) is 8.20. The molecule has 0 fully saturated rings. The summed E-state index contributed by atoms with van der Waals surface area (Å²) >= 11 is 3.37. The Morgan fingerprint density at radius 1 is 1.06 bits per heavy atom. The molecule has 0 saturated heterocycles. The van der Waals surface area contributed by atoms with Crippen molar-refractivity contribution < 1.29 is 9.84 Å². The molecule has 2 aromatic rings. The number of methoxy groups -OCH3 is 1. The summed E-state index contributed by atoms with van der Waals surface area (Å²) < 4.78 is 6.14. The van der Waals surface area contributed by atoms with Gasteiger partial charge in [0, 0.05) is 4.47 Å².